The lowest BCUT2D eigenvalue weighted by Gasteiger charge is -2.06. The molecule has 0 spiro atoms. The normalized spacial score (nSPS) is 12.2. The minimum absolute atomic E-state index is 0.0884. The molecule has 2 aromatic heterocycles. The summed E-state index contributed by atoms with van der Waals surface area (Å²) in [6.45, 7) is 5.98. The van der Waals surface area contributed by atoms with Gasteiger partial charge in [0.1, 0.15) is 11.3 Å². The molecule has 0 fully saturated rings. The molecular formula is C20H26N4O3. The van der Waals surface area contributed by atoms with Gasteiger partial charge >= 0.3 is 0 Å². The van der Waals surface area contributed by atoms with Gasteiger partial charge in [-0.1, -0.05) is 30.9 Å². The summed E-state index contributed by atoms with van der Waals surface area (Å²) in [5.74, 6) is -0.409. The van der Waals surface area contributed by atoms with E-state index < -0.39 is 6.10 Å². The number of hydrogen-bond donors (Lipinski definition) is 3. The van der Waals surface area contributed by atoms with Crippen LogP contribution in [0.4, 0.5) is 0 Å². The van der Waals surface area contributed by atoms with Gasteiger partial charge in [0.15, 0.2) is 0 Å². The standard InChI is InChI=1S/C20H26N4O3/c1-3-4-5-6-7-11-21-20(27)17-9-8-10-18-23-16(14-24(17)18)12-19(26)22-13-15(2)25/h3-5,8-10,14-15,25H,1,6-7,11-13H2,2H3,(H,21,27)(H,22,26)/b5-4-. The van der Waals surface area contributed by atoms with Crippen LogP contribution in [0.5, 0.6) is 0 Å². The van der Waals surface area contributed by atoms with Crippen LogP contribution in [0.3, 0.4) is 0 Å². The van der Waals surface area contributed by atoms with Crippen LogP contribution in [0, 0.1) is 0 Å². The first-order chi connectivity index (χ1) is 13.0. The average Bonchev–Trinajstić information content (AvgIpc) is 3.04. The van der Waals surface area contributed by atoms with Crippen LogP contribution < -0.4 is 10.6 Å². The van der Waals surface area contributed by atoms with Crippen molar-refractivity contribution in [3.05, 3.63) is 60.6 Å². The van der Waals surface area contributed by atoms with E-state index in [0.717, 1.165) is 12.8 Å². The van der Waals surface area contributed by atoms with Gasteiger partial charge in [-0.2, -0.15) is 0 Å². The van der Waals surface area contributed by atoms with Gasteiger partial charge in [0, 0.05) is 19.3 Å². The highest BCUT2D eigenvalue weighted by Gasteiger charge is 2.13. The Morgan fingerprint density at radius 3 is 2.93 bits per heavy atom. The maximum absolute atomic E-state index is 12.5. The zero-order chi connectivity index (χ0) is 19.6. The first-order valence-electron chi connectivity index (χ1n) is 8.98. The van der Waals surface area contributed by atoms with E-state index in [1.54, 1.807) is 41.8 Å². The van der Waals surface area contributed by atoms with Crippen LogP contribution in [-0.2, 0) is 11.2 Å². The summed E-state index contributed by atoms with van der Waals surface area (Å²) in [4.78, 5) is 28.7. The number of nitrogens with zero attached hydrogens (tertiary/aromatic N) is 2. The van der Waals surface area contributed by atoms with Crippen molar-refractivity contribution in [2.45, 2.75) is 32.3 Å². The second-order valence-corrected chi connectivity index (χ2v) is 6.26. The summed E-state index contributed by atoms with van der Waals surface area (Å²) in [7, 11) is 0. The molecular weight excluding hydrogens is 344 g/mol. The van der Waals surface area contributed by atoms with E-state index in [4.69, 9.17) is 0 Å². The quantitative estimate of drug-likeness (QED) is 0.437. The molecule has 144 valence electrons. The first-order valence-corrected chi connectivity index (χ1v) is 8.98. The Morgan fingerprint density at radius 2 is 2.19 bits per heavy atom. The molecule has 2 rings (SSSR count). The smallest absolute Gasteiger partial charge is 0.268 e. The number of unbranched alkanes of at least 4 members (excludes halogenated alkanes) is 1. The number of rotatable bonds is 10. The van der Waals surface area contributed by atoms with E-state index in [2.05, 4.69) is 22.2 Å². The molecule has 1 unspecified atom stereocenters. The highest BCUT2D eigenvalue weighted by atomic mass is 16.3. The molecule has 3 N–H and O–H groups in total. The molecule has 0 saturated heterocycles. The number of aliphatic hydroxyl groups excluding tert-OH is 1. The molecule has 2 aromatic rings. The highest BCUT2D eigenvalue weighted by Crippen LogP contribution is 2.10. The Morgan fingerprint density at radius 1 is 1.37 bits per heavy atom. The van der Waals surface area contributed by atoms with Crippen LogP contribution in [0.25, 0.3) is 5.65 Å². The zero-order valence-corrected chi connectivity index (χ0v) is 15.5. The number of hydrogen-bond acceptors (Lipinski definition) is 4. The van der Waals surface area contributed by atoms with E-state index in [9.17, 15) is 14.7 Å². The second-order valence-electron chi connectivity index (χ2n) is 6.26. The monoisotopic (exact) mass is 370 g/mol. The number of allylic oxidation sites excluding steroid dienone is 3. The molecule has 0 radical (unpaired) electrons. The molecule has 27 heavy (non-hydrogen) atoms. The Balaban J connectivity index is 2.00. The Bertz CT molecular complexity index is 824. The predicted molar refractivity (Wildman–Crippen MR) is 104 cm³/mol. The van der Waals surface area contributed by atoms with E-state index in [1.165, 1.54) is 0 Å². The van der Waals surface area contributed by atoms with Crippen LogP contribution in [0.1, 0.15) is 35.9 Å². The number of imidazole rings is 1. The van der Waals surface area contributed by atoms with Gasteiger partial charge in [-0.05, 0) is 31.9 Å². The summed E-state index contributed by atoms with van der Waals surface area (Å²) >= 11 is 0. The molecule has 2 amide bonds. The number of pyridine rings is 1. The number of amides is 2. The number of carbonyl (C=O) groups is 2. The number of aromatic nitrogens is 2. The van der Waals surface area contributed by atoms with E-state index in [0.29, 0.717) is 23.6 Å². The van der Waals surface area contributed by atoms with Crippen LogP contribution in [-0.4, -0.2) is 45.5 Å². The van der Waals surface area contributed by atoms with Crippen molar-refractivity contribution in [3.63, 3.8) is 0 Å². The van der Waals surface area contributed by atoms with Crippen LogP contribution in [0.2, 0.25) is 0 Å². The molecule has 7 nitrogen and oxygen atoms in total. The van der Waals surface area contributed by atoms with Gasteiger partial charge in [0.05, 0.1) is 18.2 Å². The molecule has 1 atom stereocenters. The van der Waals surface area contributed by atoms with Gasteiger partial charge < -0.3 is 15.7 Å². The number of aliphatic hydroxyl groups is 1. The number of carbonyl (C=O) groups excluding carboxylic acids is 2. The lowest BCUT2D eigenvalue weighted by molar-refractivity contribution is -0.120. The van der Waals surface area contributed by atoms with Gasteiger partial charge in [0.25, 0.3) is 5.91 Å². The highest BCUT2D eigenvalue weighted by molar-refractivity contribution is 5.93. The summed E-state index contributed by atoms with van der Waals surface area (Å²) in [5, 5.41) is 14.8. The van der Waals surface area contributed by atoms with Crippen molar-refractivity contribution in [2.24, 2.45) is 0 Å². The van der Waals surface area contributed by atoms with Crippen molar-refractivity contribution in [2.75, 3.05) is 13.1 Å². The summed E-state index contributed by atoms with van der Waals surface area (Å²) in [6.07, 6.45) is 8.50. The van der Waals surface area contributed by atoms with Gasteiger partial charge in [-0.3, -0.25) is 14.0 Å². The fourth-order valence-corrected chi connectivity index (χ4v) is 2.52. The second kappa shape index (κ2) is 10.3. The molecule has 2 heterocycles. The maximum atomic E-state index is 12.5. The molecule has 0 aliphatic rings. The van der Waals surface area contributed by atoms with E-state index in [-0.39, 0.29) is 24.8 Å². The Hall–Kier alpha value is -2.93. The predicted octanol–water partition coefficient (Wildman–Crippen LogP) is 1.63. The molecule has 0 aliphatic carbocycles. The lowest BCUT2D eigenvalue weighted by atomic mass is 10.2. The molecule has 0 bridgehead atoms. The van der Waals surface area contributed by atoms with Crippen LogP contribution >= 0.6 is 0 Å². The average molecular weight is 370 g/mol. The van der Waals surface area contributed by atoms with Gasteiger partial charge in [0.2, 0.25) is 5.91 Å². The Labute approximate surface area is 158 Å². The lowest BCUT2D eigenvalue weighted by Crippen LogP contribution is -2.31. The van der Waals surface area contributed by atoms with Crippen molar-refractivity contribution in [1.82, 2.24) is 20.0 Å². The fourth-order valence-electron chi connectivity index (χ4n) is 2.52. The number of fused-ring (bicyclic) bond motifs is 1. The molecule has 0 aromatic carbocycles. The third kappa shape index (κ3) is 6.38. The van der Waals surface area contributed by atoms with E-state index in [1.807, 2.05) is 12.2 Å². The third-order valence-corrected chi connectivity index (χ3v) is 3.82. The summed E-state index contributed by atoms with van der Waals surface area (Å²) < 4.78 is 1.68. The summed E-state index contributed by atoms with van der Waals surface area (Å²) in [6, 6.07) is 5.27. The molecule has 0 saturated carbocycles. The zero-order valence-electron chi connectivity index (χ0n) is 15.5. The number of nitrogens with one attached hydrogen (secondary N) is 2. The maximum Gasteiger partial charge on any atom is 0.268 e. The van der Waals surface area contributed by atoms with Crippen molar-refractivity contribution in [3.8, 4) is 0 Å². The minimum atomic E-state index is -0.599. The van der Waals surface area contributed by atoms with E-state index >= 15 is 0 Å². The molecule has 7 heteroatoms. The Kier molecular flexibility index (Phi) is 7.76. The van der Waals surface area contributed by atoms with Gasteiger partial charge in [-0.15, -0.1) is 0 Å². The third-order valence-electron chi connectivity index (χ3n) is 3.82. The topological polar surface area (TPSA) is 95.7 Å². The van der Waals surface area contributed by atoms with Crippen molar-refractivity contribution in [1.29, 1.82) is 0 Å². The molecule has 0 aliphatic heterocycles. The largest absolute Gasteiger partial charge is 0.392 e. The fraction of sp³-hybridized carbons (Fsp3) is 0.350. The minimum Gasteiger partial charge on any atom is -0.392 e. The van der Waals surface area contributed by atoms with Crippen molar-refractivity contribution >= 4 is 17.5 Å². The van der Waals surface area contributed by atoms with Crippen molar-refractivity contribution < 1.29 is 14.7 Å². The first kappa shape index (κ1) is 20.4. The SMILES string of the molecule is C=C/C=C\CCCNC(=O)c1cccc2nc(CC(=O)NCC(C)O)cn12. The summed E-state index contributed by atoms with van der Waals surface area (Å²) in [5.41, 5.74) is 1.64. The van der Waals surface area contributed by atoms with Gasteiger partial charge in [-0.25, -0.2) is 4.98 Å². The van der Waals surface area contributed by atoms with Crippen LogP contribution in [0.15, 0.2) is 49.2 Å².